The first-order chi connectivity index (χ1) is 20.9. The zero-order chi connectivity index (χ0) is 29.9. The Labute approximate surface area is 254 Å². The maximum Gasteiger partial charge on any atom is 0.246 e. The number of phenols is 1. The lowest BCUT2D eigenvalue weighted by Crippen LogP contribution is -2.75. The second-order valence-corrected chi connectivity index (χ2v) is 11.7. The minimum Gasteiger partial charge on any atom is -0.508 e. The zero-order valence-electron chi connectivity index (χ0n) is 23.7. The van der Waals surface area contributed by atoms with Crippen LogP contribution in [0.25, 0.3) is 10.2 Å². The van der Waals surface area contributed by atoms with Crippen molar-refractivity contribution in [2.75, 3.05) is 19.6 Å². The van der Waals surface area contributed by atoms with Crippen LogP contribution in [0.4, 0.5) is 0 Å². The first-order valence-corrected chi connectivity index (χ1v) is 15.2. The number of thiazole rings is 1. The van der Waals surface area contributed by atoms with Crippen LogP contribution in [0.3, 0.4) is 0 Å². The maximum absolute atomic E-state index is 14.2. The van der Waals surface area contributed by atoms with Crippen LogP contribution < -0.4 is 0 Å². The van der Waals surface area contributed by atoms with Crippen LogP contribution in [0.5, 0.6) is 5.75 Å². The summed E-state index contributed by atoms with van der Waals surface area (Å²) in [5.74, 6) is -0.387. The van der Waals surface area contributed by atoms with Gasteiger partial charge in [0.1, 0.15) is 18.0 Å². The van der Waals surface area contributed by atoms with E-state index in [1.807, 2.05) is 48.5 Å². The SMILES string of the molecule is C=CCN1CC(=O)N2[C@@H](Cc3ccc(O)cc3)C(=O)N(Cc3cccc4scnc34)C[C@@H]2N1C(=O)CCc1ccccc1. The lowest BCUT2D eigenvalue weighted by molar-refractivity contribution is -0.205. The summed E-state index contributed by atoms with van der Waals surface area (Å²) in [5, 5.41) is 13.3. The van der Waals surface area contributed by atoms with Crippen molar-refractivity contribution < 1.29 is 19.5 Å². The van der Waals surface area contributed by atoms with E-state index in [0.717, 1.165) is 26.9 Å². The molecule has 3 aromatic carbocycles. The van der Waals surface area contributed by atoms with Gasteiger partial charge in [0.2, 0.25) is 17.7 Å². The minimum absolute atomic E-state index is 0.0307. The Morgan fingerprint density at radius 3 is 2.58 bits per heavy atom. The van der Waals surface area contributed by atoms with Crippen LogP contribution in [0.15, 0.2) is 91.0 Å². The minimum atomic E-state index is -0.819. The average molecular weight is 596 g/mol. The Morgan fingerprint density at radius 1 is 1.02 bits per heavy atom. The third-order valence-electron chi connectivity index (χ3n) is 8.07. The highest BCUT2D eigenvalue weighted by atomic mass is 32.1. The van der Waals surface area contributed by atoms with Crippen LogP contribution in [-0.4, -0.2) is 79.5 Å². The summed E-state index contributed by atoms with van der Waals surface area (Å²) in [6, 6.07) is 21.6. The highest BCUT2D eigenvalue weighted by Crippen LogP contribution is 2.31. The number of hydrogen-bond acceptors (Lipinski definition) is 7. The number of fused-ring (bicyclic) bond motifs is 2. The van der Waals surface area contributed by atoms with Crippen molar-refractivity contribution in [2.45, 2.75) is 38.0 Å². The third-order valence-corrected chi connectivity index (χ3v) is 8.86. The molecule has 0 saturated carbocycles. The lowest BCUT2D eigenvalue weighted by atomic mass is 9.98. The van der Waals surface area contributed by atoms with Gasteiger partial charge in [0.05, 0.1) is 28.8 Å². The second kappa shape index (κ2) is 12.4. The first-order valence-electron chi connectivity index (χ1n) is 14.3. The molecule has 0 spiro atoms. The van der Waals surface area contributed by atoms with Crippen LogP contribution in [-0.2, 0) is 33.8 Å². The van der Waals surface area contributed by atoms with E-state index in [2.05, 4.69) is 11.6 Å². The number of phenolic OH excluding ortho intramolecular Hbond substituents is 1. The Hall–Kier alpha value is -4.54. The van der Waals surface area contributed by atoms with E-state index >= 15 is 0 Å². The normalized spacial score (nSPS) is 19.1. The highest BCUT2D eigenvalue weighted by molar-refractivity contribution is 7.16. The summed E-state index contributed by atoms with van der Waals surface area (Å²) in [6.45, 7) is 4.62. The van der Waals surface area contributed by atoms with Gasteiger partial charge in [0, 0.05) is 25.9 Å². The Balaban J connectivity index is 1.36. The molecule has 2 aliphatic heterocycles. The van der Waals surface area contributed by atoms with Crippen LogP contribution >= 0.6 is 11.3 Å². The Kier molecular flexibility index (Phi) is 8.22. The molecule has 220 valence electrons. The van der Waals surface area contributed by atoms with E-state index in [9.17, 15) is 19.5 Å². The highest BCUT2D eigenvalue weighted by Gasteiger charge is 2.51. The number of hydrogen-bond donors (Lipinski definition) is 1. The number of aromatic hydroxyl groups is 1. The molecule has 3 amide bonds. The average Bonchev–Trinajstić information content (AvgIpc) is 3.50. The molecule has 9 nitrogen and oxygen atoms in total. The molecule has 0 aliphatic carbocycles. The van der Waals surface area contributed by atoms with E-state index in [1.165, 1.54) is 0 Å². The van der Waals surface area contributed by atoms with Crippen molar-refractivity contribution in [1.29, 1.82) is 0 Å². The standard InChI is InChI=1S/C33H33N5O4S/c1-2-17-36-21-31(41)37-27(18-24-11-14-26(39)15-12-24)33(42)35(19-25-9-6-10-28-32(25)34-22-43-28)20-29(37)38(36)30(40)16-13-23-7-4-3-5-8-23/h2-12,14-15,22,27,29,39H,1,13,16-21H2/t27-,29-/m0/s1. The van der Waals surface area contributed by atoms with Crippen molar-refractivity contribution >= 4 is 39.3 Å². The zero-order valence-corrected chi connectivity index (χ0v) is 24.5. The molecule has 1 N–H and O–H groups in total. The molecule has 2 atom stereocenters. The number of carbonyl (C=O) groups excluding carboxylic acids is 3. The molecular formula is C33H33N5O4S. The van der Waals surface area contributed by atoms with Gasteiger partial charge in [-0.3, -0.25) is 14.4 Å². The summed E-state index contributed by atoms with van der Waals surface area (Å²) in [6.07, 6.45) is 2.07. The monoisotopic (exact) mass is 595 g/mol. The number of para-hydroxylation sites is 1. The molecule has 2 fully saturated rings. The van der Waals surface area contributed by atoms with Crippen LogP contribution in [0.1, 0.15) is 23.1 Å². The van der Waals surface area contributed by atoms with Crippen molar-refractivity contribution in [1.82, 2.24) is 24.8 Å². The lowest BCUT2D eigenvalue weighted by Gasteiger charge is -2.55. The fourth-order valence-electron chi connectivity index (χ4n) is 6.05. The van der Waals surface area contributed by atoms with Gasteiger partial charge in [0.15, 0.2) is 0 Å². The quantitative estimate of drug-likeness (QED) is 0.294. The Bertz CT molecular complexity index is 1640. The number of piperazine rings is 1. The molecule has 2 saturated heterocycles. The number of hydrazine groups is 1. The molecule has 4 aromatic rings. The fraction of sp³-hybridized carbons (Fsp3) is 0.273. The number of nitrogens with zero attached hydrogens (tertiary/aromatic N) is 5. The molecule has 0 radical (unpaired) electrons. The summed E-state index contributed by atoms with van der Waals surface area (Å²) >= 11 is 1.54. The number of amides is 3. The van der Waals surface area contributed by atoms with Crippen molar-refractivity contribution in [3.63, 3.8) is 0 Å². The van der Waals surface area contributed by atoms with Gasteiger partial charge in [-0.25, -0.2) is 15.0 Å². The summed E-state index contributed by atoms with van der Waals surface area (Å²) in [7, 11) is 0. The van der Waals surface area contributed by atoms with Gasteiger partial charge in [-0.15, -0.1) is 17.9 Å². The largest absolute Gasteiger partial charge is 0.508 e. The number of aromatic nitrogens is 1. The Morgan fingerprint density at radius 2 is 1.81 bits per heavy atom. The number of carbonyl (C=O) groups is 3. The van der Waals surface area contributed by atoms with Crippen molar-refractivity contribution in [2.24, 2.45) is 0 Å². The summed E-state index contributed by atoms with van der Waals surface area (Å²) < 4.78 is 1.03. The van der Waals surface area contributed by atoms with E-state index < -0.39 is 12.2 Å². The molecular weight excluding hydrogens is 562 g/mol. The number of aryl methyl sites for hydroxylation is 1. The van der Waals surface area contributed by atoms with Crippen LogP contribution in [0.2, 0.25) is 0 Å². The van der Waals surface area contributed by atoms with E-state index in [-0.39, 0.29) is 49.4 Å². The van der Waals surface area contributed by atoms with E-state index in [4.69, 9.17) is 0 Å². The molecule has 43 heavy (non-hydrogen) atoms. The van der Waals surface area contributed by atoms with Gasteiger partial charge in [0.25, 0.3) is 0 Å². The van der Waals surface area contributed by atoms with Gasteiger partial charge < -0.3 is 14.9 Å². The maximum atomic E-state index is 14.2. The predicted octanol–water partition coefficient (Wildman–Crippen LogP) is 3.99. The fourth-order valence-corrected chi connectivity index (χ4v) is 6.77. The molecule has 6 rings (SSSR count). The topological polar surface area (TPSA) is 97.3 Å². The van der Waals surface area contributed by atoms with Crippen molar-refractivity contribution in [3.8, 4) is 5.75 Å². The summed E-state index contributed by atoms with van der Waals surface area (Å²) in [4.78, 5) is 49.8. The van der Waals surface area contributed by atoms with E-state index in [0.29, 0.717) is 19.5 Å². The smallest absolute Gasteiger partial charge is 0.246 e. The molecule has 2 aliphatic rings. The molecule has 1 aromatic heterocycles. The molecule has 0 bridgehead atoms. The summed E-state index contributed by atoms with van der Waals surface area (Å²) in [5.41, 5.74) is 5.42. The third kappa shape index (κ3) is 5.89. The van der Waals surface area contributed by atoms with E-state index in [1.54, 1.807) is 67.0 Å². The van der Waals surface area contributed by atoms with Crippen LogP contribution in [0, 0.1) is 0 Å². The predicted molar refractivity (Wildman–Crippen MR) is 165 cm³/mol. The number of benzene rings is 3. The number of rotatable bonds is 9. The van der Waals surface area contributed by atoms with Gasteiger partial charge in [-0.1, -0.05) is 60.7 Å². The van der Waals surface area contributed by atoms with Gasteiger partial charge in [-0.05, 0) is 41.3 Å². The molecule has 10 heteroatoms. The van der Waals surface area contributed by atoms with Gasteiger partial charge in [-0.2, -0.15) is 0 Å². The van der Waals surface area contributed by atoms with Gasteiger partial charge >= 0.3 is 0 Å². The van der Waals surface area contributed by atoms with Crippen molar-refractivity contribution in [3.05, 3.63) is 108 Å². The second-order valence-electron chi connectivity index (χ2n) is 10.9. The first kappa shape index (κ1) is 28.6. The molecule has 3 heterocycles. The molecule has 0 unspecified atom stereocenters.